The molecule has 1 aromatic heterocycles. The lowest BCUT2D eigenvalue weighted by Crippen LogP contribution is -2.37. The molecule has 2 aromatic rings. The van der Waals surface area contributed by atoms with E-state index >= 15 is 0 Å². The van der Waals surface area contributed by atoms with E-state index in [2.05, 4.69) is 10.3 Å². The molecule has 1 unspecified atom stereocenters. The molecule has 1 saturated heterocycles. The van der Waals surface area contributed by atoms with Gasteiger partial charge in [0, 0.05) is 23.9 Å². The van der Waals surface area contributed by atoms with E-state index in [4.69, 9.17) is 0 Å². The summed E-state index contributed by atoms with van der Waals surface area (Å²) in [7, 11) is -1.47. The number of hydrogen-bond acceptors (Lipinski definition) is 5. The minimum Gasteiger partial charge on any atom is -0.352 e. The van der Waals surface area contributed by atoms with Crippen LogP contribution in [0.5, 0.6) is 0 Å². The molecule has 2 aliphatic heterocycles. The average Bonchev–Trinajstić information content (AvgIpc) is 3.59. The summed E-state index contributed by atoms with van der Waals surface area (Å²) in [4.78, 5) is 17.8. The van der Waals surface area contributed by atoms with Crippen LogP contribution in [-0.4, -0.2) is 35.9 Å². The number of benzene rings is 1. The summed E-state index contributed by atoms with van der Waals surface area (Å²) in [5.74, 6) is -0.806. The molecule has 2 fully saturated rings. The van der Waals surface area contributed by atoms with Crippen LogP contribution in [0.15, 0.2) is 34.1 Å². The Kier molecular flexibility index (Phi) is 5.85. The van der Waals surface area contributed by atoms with Crippen LogP contribution >= 0.6 is 0 Å². The molecule has 35 heavy (non-hydrogen) atoms. The van der Waals surface area contributed by atoms with Gasteiger partial charge in [0.05, 0.1) is 16.1 Å². The number of halogens is 3. The number of rotatable bonds is 5. The maximum atomic E-state index is 14.8. The van der Waals surface area contributed by atoms with E-state index in [9.17, 15) is 26.4 Å². The zero-order valence-corrected chi connectivity index (χ0v) is 20.5. The van der Waals surface area contributed by atoms with Crippen LogP contribution in [0, 0.1) is 5.82 Å². The largest absolute Gasteiger partial charge is 0.352 e. The highest BCUT2D eigenvalue weighted by molar-refractivity contribution is 7.93. The van der Waals surface area contributed by atoms with Crippen molar-refractivity contribution in [1.29, 1.82) is 0 Å². The molecule has 3 heterocycles. The number of anilines is 1. The fraction of sp³-hybridized carbons (Fsp3) is 0.520. The van der Waals surface area contributed by atoms with E-state index < -0.39 is 38.3 Å². The quantitative estimate of drug-likeness (QED) is 0.639. The zero-order valence-electron chi connectivity index (χ0n) is 19.7. The first-order chi connectivity index (χ1) is 16.5. The van der Waals surface area contributed by atoms with E-state index in [0.717, 1.165) is 6.07 Å². The summed E-state index contributed by atoms with van der Waals surface area (Å²) in [5, 5.41) is 3.13. The molecule has 0 bridgehead atoms. The molecule has 0 amide bonds. The SMILES string of the molecule is C[C@@H](CC1=NCNc2c1cc(C1CCS(=O)(=O)C3(CC3)C1)c(=O)n2C)c1cccc(C(F)F)c1F. The van der Waals surface area contributed by atoms with Crippen molar-refractivity contribution in [3.8, 4) is 0 Å². The summed E-state index contributed by atoms with van der Waals surface area (Å²) >= 11 is 0. The molecule has 6 nitrogen and oxygen atoms in total. The molecule has 1 aliphatic carbocycles. The molecule has 10 heteroatoms. The molecule has 5 rings (SSSR count). The molecule has 188 valence electrons. The van der Waals surface area contributed by atoms with Crippen LogP contribution in [0.1, 0.15) is 79.5 Å². The van der Waals surface area contributed by atoms with Crippen LogP contribution in [0.4, 0.5) is 19.0 Å². The summed E-state index contributed by atoms with van der Waals surface area (Å²) in [6.07, 6.45) is -0.451. The first-order valence-corrected chi connectivity index (χ1v) is 13.5. The smallest absolute Gasteiger partial charge is 0.266 e. The standard InChI is InChI=1S/C25H28F3N3O3S/c1-14(16-4-3-5-17(21(16)26)22(27)28)10-20-19-11-18(24(32)31(2)23(19)30-13-29-20)15-6-9-35(33,34)25(12-15)7-8-25/h3-5,11,14-15,22,30H,6-10,12-13H2,1-2H3/t14-,15?/m0/s1. The number of aliphatic imine (C=N–C) groups is 1. The molecule has 3 aliphatic rings. The minimum absolute atomic E-state index is 0.0773. The van der Waals surface area contributed by atoms with Crippen molar-refractivity contribution < 1.29 is 21.6 Å². The van der Waals surface area contributed by atoms with Crippen LogP contribution in [0.2, 0.25) is 0 Å². The Morgan fingerprint density at radius 3 is 2.66 bits per heavy atom. The average molecular weight is 508 g/mol. The van der Waals surface area contributed by atoms with Crippen LogP contribution in [0.3, 0.4) is 0 Å². The number of aromatic nitrogens is 1. The zero-order chi connectivity index (χ0) is 25.1. The number of sulfone groups is 1. The second-order valence-electron chi connectivity index (χ2n) is 10.0. The van der Waals surface area contributed by atoms with Gasteiger partial charge in [-0.3, -0.25) is 14.4 Å². The normalized spacial score (nSPS) is 22.9. The van der Waals surface area contributed by atoms with Crippen molar-refractivity contribution in [3.63, 3.8) is 0 Å². The van der Waals surface area contributed by atoms with E-state index in [-0.39, 0.29) is 29.5 Å². The Bertz CT molecular complexity index is 1380. The van der Waals surface area contributed by atoms with Crippen molar-refractivity contribution >= 4 is 21.4 Å². The third-order valence-electron chi connectivity index (χ3n) is 7.85. The Balaban J connectivity index is 1.48. The lowest BCUT2D eigenvalue weighted by Gasteiger charge is -2.31. The highest BCUT2D eigenvalue weighted by atomic mass is 32.2. The number of nitrogens with zero attached hydrogens (tertiary/aromatic N) is 2. The third kappa shape index (κ3) is 3.99. The number of nitrogens with one attached hydrogen (secondary N) is 1. The minimum atomic E-state index is -3.14. The lowest BCUT2D eigenvalue weighted by atomic mass is 9.87. The van der Waals surface area contributed by atoms with Gasteiger partial charge < -0.3 is 5.32 Å². The summed E-state index contributed by atoms with van der Waals surface area (Å²) in [6.45, 7) is 2.01. The topological polar surface area (TPSA) is 80.5 Å². The predicted molar refractivity (Wildman–Crippen MR) is 129 cm³/mol. The molecule has 0 radical (unpaired) electrons. The van der Waals surface area contributed by atoms with Gasteiger partial charge >= 0.3 is 0 Å². The van der Waals surface area contributed by atoms with Crippen LogP contribution < -0.4 is 10.9 Å². The van der Waals surface area contributed by atoms with Crippen LogP contribution in [0.25, 0.3) is 0 Å². The van der Waals surface area contributed by atoms with Gasteiger partial charge in [0.2, 0.25) is 0 Å². The molecular weight excluding hydrogens is 479 g/mol. The summed E-state index contributed by atoms with van der Waals surface area (Å²) in [6, 6.07) is 5.84. The maximum Gasteiger partial charge on any atom is 0.266 e. The van der Waals surface area contributed by atoms with Crippen molar-refractivity contribution in [2.75, 3.05) is 17.7 Å². The van der Waals surface area contributed by atoms with Crippen molar-refractivity contribution in [2.24, 2.45) is 12.0 Å². The van der Waals surface area contributed by atoms with Crippen molar-refractivity contribution in [1.82, 2.24) is 4.57 Å². The van der Waals surface area contributed by atoms with Crippen molar-refractivity contribution in [3.05, 3.63) is 62.7 Å². The lowest BCUT2D eigenvalue weighted by molar-refractivity contribution is 0.146. The maximum absolute atomic E-state index is 14.8. The van der Waals surface area contributed by atoms with Gasteiger partial charge in [0.1, 0.15) is 18.3 Å². The molecule has 1 spiro atoms. The molecule has 1 N–H and O–H groups in total. The predicted octanol–water partition coefficient (Wildman–Crippen LogP) is 4.65. The van der Waals surface area contributed by atoms with E-state index in [1.807, 2.05) is 0 Å². The van der Waals surface area contributed by atoms with E-state index in [0.29, 0.717) is 54.8 Å². The van der Waals surface area contributed by atoms with Gasteiger partial charge in [0.25, 0.3) is 12.0 Å². The number of pyridine rings is 1. The van der Waals surface area contributed by atoms with Gasteiger partial charge in [-0.15, -0.1) is 0 Å². The first-order valence-electron chi connectivity index (χ1n) is 11.8. The van der Waals surface area contributed by atoms with Gasteiger partial charge in [-0.25, -0.2) is 21.6 Å². The van der Waals surface area contributed by atoms with E-state index in [1.54, 1.807) is 20.0 Å². The van der Waals surface area contributed by atoms with Gasteiger partial charge in [-0.05, 0) is 55.6 Å². The second kappa shape index (κ2) is 8.50. The number of fused-ring (bicyclic) bond motifs is 1. The van der Waals surface area contributed by atoms with Crippen LogP contribution in [-0.2, 0) is 16.9 Å². The van der Waals surface area contributed by atoms with Gasteiger partial charge in [0.15, 0.2) is 9.84 Å². The fourth-order valence-corrected chi connectivity index (χ4v) is 7.79. The summed E-state index contributed by atoms with van der Waals surface area (Å²) < 4.78 is 67.1. The number of hydrogen-bond donors (Lipinski definition) is 1. The Morgan fingerprint density at radius 2 is 1.97 bits per heavy atom. The third-order valence-corrected chi connectivity index (χ3v) is 10.5. The molecule has 2 atom stereocenters. The van der Waals surface area contributed by atoms with Crippen molar-refractivity contribution in [2.45, 2.75) is 62.0 Å². The van der Waals surface area contributed by atoms with Gasteiger partial charge in [-0.2, -0.15) is 0 Å². The first kappa shape index (κ1) is 24.1. The molecular formula is C25H28F3N3O3S. The monoisotopic (exact) mass is 507 g/mol. The summed E-state index contributed by atoms with van der Waals surface area (Å²) in [5.41, 5.74) is 1.36. The highest BCUT2D eigenvalue weighted by Crippen LogP contribution is 2.54. The second-order valence-corrected chi connectivity index (χ2v) is 12.5. The molecule has 1 saturated carbocycles. The molecule has 1 aromatic carbocycles. The van der Waals surface area contributed by atoms with E-state index in [1.165, 1.54) is 16.7 Å². The number of alkyl halides is 2. The Morgan fingerprint density at radius 1 is 1.26 bits per heavy atom. The Hall–Kier alpha value is -2.62. The Labute approximate surface area is 202 Å². The highest BCUT2D eigenvalue weighted by Gasteiger charge is 2.57. The van der Waals surface area contributed by atoms with Gasteiger partial charge in [-0.1, -0.05) is 25.1 Å². The fourth-order valence-electron chi connectivity index (χ4n) is 5.59.